The minimum Gasteiger partial charge on any atom is -0.304 e. The third kappa shape index (κ3) is 3.52. The number of aryl methyl sites for hydroxylation is 1. The molecule has 4 nitrogen and oxygen atoms in total. The van der Waals surface area contributed by atoms with Gasteiger partial charge in [-0.05, 0) is 30.7 Å². The number of anilines is 1. The maximum atomic E-state index is 12.8. The quantitative estimate of drug-likeness (QED) is 0.829. The summed E-state index contributed by atoms with van der Waals surface area (Å²) in [6.45, 7) is 7.31. The first-order chi connectivity index (χ1) is 10.0. The summed E-state index contributed by atoms with van der Waals surface area (Å²) < 4.78 is 23.4. The van der Waals surface area contributed by atoms with E-state index in [2.05, 4.69) is 0 Å². The number of rotatable bonds is 2. The smallest absolute Gasteiger partial charge is 0.232 e. The SMILES string of the molecule is Cc1ccc(N(C(=O)C(C)(C)C)[C@H]2C=CS(=O)(=O)C2)cc1Cl. The molecule has 0 spiro atoms. The van der Waals surface area contributed by atoms with Crippen molar-refractivity contribution in [1.82, 2.24) is 0 Å². The molecule has 0 fully saturated rings. The normalized spacial score (nSPS) is 20.1. The maximum absolute atomic E-state index is 12.8. The molecular formula is C16H20ClNO3S. The molecule has 1 heterocycles. The summed E-state index contributed by atoms with van der Waals surface area (Å²) in [5.74, 6) is -0.237. The Morgan fingerprint density at radius 1 is 1.32 bits per heavy atom. The Bertz CT molecular complexity index is 732. The van der Waals surface area contributed by atoms with Crippen LogP contribution >= 0.6 is 11.6 Å². The summed E-state index contributed by atoms with van der Waals surface area (Å²) in [6, 6.07) is 4.83. The van der Waals surface area contributed by atoms with Gasteiger partial charge in [-0.3, -0.25) is 4.79 Å². The van der Waals surface area contributed by atoms with Crippen LogP contribution in [0.4, 0.5) is 5.69 Å². The minimum absolute atomic E-state index is 0.0969. The van der Waals surface area contributed by atoms with Gasteiger partial charge in [-0.15, -0.1) is 0 Å². The summed E-state index contributed by atoms with van der Waals surface area (Å²) in [6.07, 6.45) is 1.56. The van der Waals surface area contributed by atoms with Crippen LogP contribution in [0, 0.1) is 12.3 Å². The molecule has 1 atom stereocenters. The maximum Gasteiger partial charge on any atom is 0.232 e. The lowest BCUT2D eigenvalue weighted by atomic mass is 9.93. The van der Waals surface area contributed by atoms with Gasteiger partial charge in [-0.25, -0.2) is 8.42 Å². The summed E-state index contributed by atoms with van der Waals surface area (Å²) >= 11 is 6.17. The van der Waals surface area contributed by atoms with Crippen molar-refractivity contribution in [3.05, 3.63) is 40.3 Å². The largest absolute Gasteiger partial charge is 0.304 e. The van der Waals surface area contributed by atoms with Gasteiger partial charge in [0.25, 0.3) is 0 Å². The molecule has 1 aromatic rings. The van der Waals surface area contributed by atoms with Crippen LogP contribution in [0.15, 0.2) is 29.7 Å². The van der Waals surface area contributed by atoms with Crippen molar-refractivity contribution in [2.75, 3.05) is 10.7 Å². The molecule has 0 radical (unpaired) electrons. The Balaban J connectivity index is 2.49. The fourth-order valence-corrected chi connectivity index (χ4v) is 3.72. The molecule has 1 aliphatic rings. The summed E-state index contributed by atoms with van der Waals surface area (Å²) in [4.78, 5) is 14.3. The highest BCUT2D eigenvalue weighted by Crippen LogP contribution is 2.31. The Morgan fingerprint density at radius 3 is 2.41 bits per heavy atom. The number of hydrogen-bond acceptors (Lipinski definition) is 3. The van der Waals surface area contributed by atoms with Gasteiger partial charge < -0.3 is 4.90 Å². The highest BCUT2D eigenvalue weighted by Gasteiger charge is 2.36. The van der Waals surface area contributed by atoms with E-state index in [9.17, 15) is 13.2 Å². The summed E-state index contributed by atoms with van der Waals surface area (Å²) in [7, 11) is -3.25. The molecule has 0 unspecified atom stereocenters. The molecule has 1 amide bonds. The number of carbonyl (C=O) groups is 1. The number of carbonyl (C=O) groups excluding carboxylic acids is 1. The van der Waals surface area contributed by atoms with E-state index in [1.807, 2.05) is 33.8 Å². The molecule has 0 N–H and O–H groups in total. The molecular weight excluding hydrogens is 322 g/mol. The van der Waals surface area contributed by atoms with Gasteiger partial charge in [0.15, 0.2) is 9.84 Å². The van der Waals surface area contributed by atoms with Gasteiger partial charge in [-0.2, -0.15) is 0 Å². The lowest BCUT2D eigenvalue weighted by Gasteiger charge is -2.33. The molecule has 1 aromatic carbocycles. The van der Waals surface area contributed by atoms with Crippen LogP contribution in [0.2, 0.25) is 5.02 Å². The van der Waals surface area contributed by atoms with Crippen molar-refractivity contribution in [3.63, 3.8) is 0 Å². The predicted molar refractivity (Wildman–Crippen MR) is 89.8 cm³/mol. The van der Waals surface area contributed by atoms with Crippen LogP contribution in [0.1, 0.15) is 26.3 Å². The van der Waals surface area contributed by atoms with E-state index >= 15 is 0 Å². The number of amides is 1. The van der Waals surface area contributed by atoms with Crippen molar-refractivity contribution in [1.29, 1.82) is 0 Å². The zero-order valence-electron chi connectivity index (χ0n) is 13.1. The van der Waals surface area contributed by atoms with E-state index in [1.165, 1.54) is 10.3 Å². The van der Waals surface area contributed by atoms with Crippen LogP contribution in [0.3, 0.4) is 0 Å². The van der Waals surface area contributed by atoms with E-state index in [0.717, 1.165) is 5.56 Å². The minimum atomic E-state index is -3.25. The van der Waals surface area contributed by atoms with Gasteiger partial charge in [0.2, 0.25) is 5.91 Å². The molecule has 1 aliphatic heterocycles. The second-order valence-corrected chi connectivity index (χ2v) is 8.92. The highest BCUT2D eigenvalue weighted by atomic mass is 35.5. The first kappa shape index (κ1) is 17.0. The van der Waals surface area contributed by atoms with Gasteiger partial charge in [0, 0.05) is 21.5 Å². The van der Waals surface area contributed by atoms with Gasteiger partial charge in [-0.1, -0.05) is 38.4 Å². The van der Waals surface area contributed by atoms with E-state index < -0.39 is 21.3 Å². The molecule has 0 bridgehead atoms. The Kier molecular flexibility index (Phi) is 4.42. The molecule has 0 saturated carbocycles. The monoisotopic (exact) mass is 341 g/mol. The summed E-state index contributed by atoms with van der Waals surface area (Å²) in [5.41, 5.74) is 0.891. The molecule has 22 heavy (non-hydrogen) atoms. The van der Waals surface area contributed by atoms with Crippen LogP contribution in [0.25, 0.3) is 0 Å². The molecule has 2 rings (SSSR count). The average Bonchev–Trinajstić information content (AvgIpc) is 2.73. The molecule has 0 aromatic heterocycles. The van der Waals surface area contributed by atoms with Crippen molar-refractivity contribution >= 4 is 33.0 Å². The predicted octanol–water partition coefficient (Wildman–Crippen LogP) is 3.34. The molecule has 0 saturated heterocycles. The lowest BCUT2D eigenvalue weighted by Crippen LogP contribution is -2.46. The highest BCUT2D eigenvalue weighted by molar-refractivity contribution is 7.94. The van der Waals surface area contributed by atoms with E-state index in [0.29, 0.717) is 10.7 Å². The standard InChI is InChI=1S/C16H20ClNO3S/c1-11-5-6-12(9-14(11)17)18(15(19)16(2,3)4)13-7-8-22(20,21)10-13/h5-9,13H,10H2,1-4H3/t13-/m0/s1. The van der Waals surface area contributed by atoms with Crippen LogP contribution in [-0.4, -0.2) is 26.1 Å². The second kappa shape index (κ2) is 5.70. The van der Waals surface area contributed by atoms with Gasteiger partial charge >= 0.3 is 0 Å². The number of benzene rings is 1. The van der Waals surface area contributed by atoms with E-state index in [4.69, 9.17) is 11.6 Å². The molecule has 0 aliphatic carbocycles. The van der Waals surface area contributed by atoms with Crippen molar-refractivity contribution in [2.24, 2.45) is 5.41 Å². The lowest BCUT2D eigenvalue weighted by molar-refractivity contribution is -0.126. The Labute approximate surface area is 136 Å². The first-order valence-corrected chi connectivity index (χ1v) is 9.11. The van der Waals surface area contributed by atoms with Crippen molar-refractivity contribution in [2.45, 2.75) is 33.7 Å². The fourth-order valence-electron chi connectivity index (χ4n) is 2.27. The van der Waals surface area contributed by atoms with Crippen molar-refractivity contribution in [3.8, 4) is 0 Å². The van der Waals surface area contributed by atoms with E-state index in [1.54, 1.807) is 18.2 Å². The molecule has 6 heteroatoms. The van der Waals surface area contributed by atoms with Crippen molar-refractivity contribution < 1.29 is 13.2 Å². The summed E-state index contributed by atoms with van der Waals surface area (Å²) in [5, 5.41) is 1.73. The number of halogens is 1. The Morgan fingerprint density at radius 2 is 1.95 bits per heavy atom. The van der Waals surface area contributed by atoms with Crippen LogP contribution in [-0.2, 0) is 14.6 Å². The number of hydrogen-bond donors (Lipinski definition) is 0. The zero-order chi connectivity index (χ0) is 16.7. The fraction of sp³-hybridized carbons (Fsp3) is 0.438. The van der Waals surface area contributed by atoms with E-state index in [-0.39, 0.29) is 11.7 Å². The number of sulfone groups is 1. The average molecular weight is 342 g/mol. The first-order valence-electron chi connectivity index (χ1n) is 7.02. The van der Waals surface area contributed by atoms with Gasteiger partial charge in [0.1, 0.15) is 0 Å². The molecule has 120 valence electrons. The second-order valence-electron chi connectivity index (χ2n) is 6.58. The van der Waals surface area contributed by atoms with Crippen LogP contribution in [0.5, 0.6) is 0 Å². The topological polar surface area (TPSA) is 54.5 Å². The van der Waals surface area contributed by atoms with Gasteiger partial charge in [0.05, 0.1) is 11.8 Å². The third-order valence-electron chi connectivity index (χ3n) is 3.54. The third-order valence-corrected chi connectivity index (χ3v) is 5.32. The van der Waals surface area contributed by atoms with Crippen LogP contribution < -0.4 is 4.90 Å². The zero-order valence-corrected chi connectivity index (χ0v) is 14.7. The number of nitrogens with zero attached hydrogens (tertiary/aromatic N) is 1. The Hall–Kier alpha value is -1.33.